The molecule has 3 aromatic carbocycles. The van der Waals surface area contributed by atoms with Crippen molar-refractivity contribution < 1.29 is 23.9 Å². The summed E-state index contributed by atoms with van der Waals surface area (Å²) < 4.78 is 11.4. The van der Waals surface area contributed by atoms with Crippen LogP contribution in [0.4, 0.5) is 10.5 Å². The Morgan fingerprint density at radius 3 is 2.33 bits per heavy atom. The normalized spacial score (nSPS) is 14.8. The maximum Gasteiger partial charge on any atom is 0.335 e. The number of methoxy groups -OCH3 is 1. The van der Waals surface area contributed by atoms with E-state index in [4.69, 9.17) is 21.1 Å². The number of hydrogen-bond donors (Lipinski definition) is 1. The van der Waals surface area contributed by atoms with Crippen LogP contribution < -0.4 is 19.7 Å². The summed E-state index contributed by atoms with van der Waals surface area (Å²) in [4.78, 5) is 39.2. The summed E-state index contributed by atoms with van der Waals surface area (Å²) in [6.07, 6.45) is 1.37. The molecule has 0 unspecified atom stereocenters. The molecule has 0 saturated carbocycles. The van der Waals surface area contributed by atoms with Gasteiger partial charge < -0.3 is 9.47 Å². The first kappa shape index (κ1) is 25.0. The van der Waals surface area contributed by atoms with E-state index in [1.54, 1.807) is 43.3 Å². The molecule has 4 rings (SSSR count). The van der Waals surface area contributed by atoms with Crippen molar-refractivity contribution in [1.82, 2.24) is 5.32 Å². The molecule has 1 saturated heterocycles. The van der Waals surface area contributed by atoms with Gasteiger partial charge in [-0.2, -0.15) is 0 Å². The topological polar surface area (TPSA) is 84.9 Å². The van der Waals surface area contributed by atoms with Gasteiger partial charge >= 0.3 is 6.03 Å². The van der Waals surface area contributed by atoms with E-state index in [9.17, 15) is 14.4 Å². The van der Waals surface area contributed by atoms with Crippen LogP contribution in [0, 0.1) is 20.8 Å². The van der Waals surface area contributed by atoms with Gasteiger partial charge in [-0.05, 0) is 61.7 Å². The number of urea groups is 1. The highest BCUT2D eigenvalue weighted by molar-refractivity contribution is 6.39. The minimum atomic E-state index is -0.804. The van der Waals surface area contributed by atoms with Crippen molar-refractivity contribution in [1.29, 1.82) is 0 Å². The van der Waals surface area contributed by atoms with Gasteiger partial charge in [0.05, 0.1) is 17.8 Å². The average Bonchev–Trinajstić information content (AvgIpc) is 2.81. The van der Waals surface area contributed by atoms with Gasteiger partial charge in [0.2, 0.25) is 0 Å². The fourth-order valence-electron chi connectivity index (χ4n) is 4.13. The van der Waals surface area contributed by atoms with Crippen LogP contribution in [0.15, 0.2) is 60.2 Å². The number of benzene rings is 3. The Balaban J connectivity index is 1.65. The van der Waals surface area contributed by atoms with Gasteiger partial charge in [0.15, 0.2) is 11.5 Å². The molecular formula is C28H25ClN2O5. The summed E-state index contributed by atoms with van der Waals surface area (Å²) >= 11 is 6.52. The fourth-order valence-corrected chi connectivity index (χ4v) is 4.40. The number of carbonyl (C=O) groups is 3. The Morgan fingerprint density at radius 2 is 1.67 bits per heavy atom. The molecule has 1 heterocycles. The molecular weight excluding hydrogens is 480 g/mol. The number of barbiturate groups is 1. The Morgan fingerprint density at radius 1 is 0.972 bits per heavy atom. The van der Waals surface area contributed by atoms with E-state index >= 15 is 0 Å². The minimum Gasteiger partial charge on any atom is -0.493 e. The van der Waals surface area contributed by atoms with Crippen molar-refractivity contribution in [2.24, 2.45) is 0 Å². The number of imide groups is 2. The first-order valence-corrected chi connectivity index (χ1v) is 11.6. The van der Waals surface area contributed by atoms with Gasteiger partial charge in [0.25, 0.3) is 11.8 Å². The number of amides is 4. The molecule has 4 amide bonds. The number of nitrogens with zero attached hydrogens (tertiary/aromatic N) is 1. The molecule has 3 aromatic rings. The fraction of sp³-hybridized carbons (Fsp3) is 0.179. The summed E-state index contributed by atoms with van der Waals surface area (Å²) in [5, 5.41) is 2.48. The Labute approximate surface area is 214 Å². The molecule has 0 aromatic heterocycles. The van der Waals surface area contributed by atoms with Crippen LogP contribution in [-0.4, -0.2) is 25.0 Å². The zero-order valence-corrected chi connectivity index (χ0v) is 21.1. The zero-order chi connectivity index (χ0) is 26.0. The molecule has 0 bridgehead atoms. The van der Waals surface area contributed by atoms with Crippen LogP contribution in [-0.2, 0) is 16.2 Å². The first-order chi connectivity index (χ1) is 17.2. The van der Waals surface area contributed by atoms with Gasteiger partial charge in [0, 0.05) is 0 Å². The van der Waals surface area contributed by atoms with Gasteiger partial charge in [-0.25, -0.2) is 9.69 Å². The number of carbonyl (C=O) groups excluding carboxylic acids is 3. The molecule has 36 heavy (non-hydrogen) atoms. The maximum absolute atomic E-state index is 13.2. The van der Waals surface area contributed by atoms with Gasteiger partial charge in [-0.1, -0.05) is 59.1 Å². The van der Waals surface area contributed by atoms with Crippen LogP contribution in [0.3, 0.4) is 0 Å². The molecule has 1 aliphatic rings. The van der Waals surface area contributed by atoms with Crippen molar-refractivity contribution >= 4 is 41.2 Å². The van der Waals surface area contributed by atoms with E-state index in [1.165, 1.54) is 13.2 Å². The molecule has 1 N–H and O–H groups in total. The highest BCUT2D eigenvalue weighted by Crippen LogP contribution is 2.38. The third-order valence-electron chi connectivity index (χ3n) is 5.69. The summed E-state index contributed by atoms with van der Waals surface area (Å²) in [6, 6.07) is 15.4. The number of hydrogen-bond acceptors (Lipinski definition) is 5. The Bertz CT molecular complexity index is 1390. The van der Waals surface area contributed by atoms with Crippen molar-refractivity contribution in [2.45, 2.75) is 27.4 Å². The van der Waals surface area contributed by atoms with Crippen LogP contribution in [0.1, 0.15) is 27.8 Å². The second-order valence-electron chi connectivity index (χ2n) is 8.56. The van der Waals surface area contributed by atoms with Crippen LogP contribution in [0.25, 0.3) is 6.08 Å². The quantitative estimate of drug-likeness (QED) is 0.353. The predicted octanol–water partition coefficient (Wildman–Crippen LogP) is 5.52. The van der Waals surface area contributed by atoms with E-state index in [1.807, 2.05) is 26.0 Å². The molecule has 1 aliphatic heterocycles. The van der Waals surface area contributed by atoms with Crippen LogP contribution >= 0.6 is 11.6 Å². The Kier molecular flexibility index (Phi) is 7.12. The number of halogens is 1. The zero-order valence-electron chi connectivity index (χ0n) is 20.3. The van der Waals surface area contributed by atoms with Gasteiger partial charge in [0.1, 0.15) is 12.2 Å². The number of para-hydroxylation sites is 1. The summed E-state index contributed by atoms with van der Waals surface area (Å²) in [5.41, 5.74) is 4.58. The number of aryl methyl sites for hydroxylation is 3. The third kappa shape index (κ3) is 5.11. The lowest BCUT2D eigenvalue weighted by Crippen LogP contribution is -2.54. The molecule has 184 valence electrons. The van der Waals surface area contributed by atoms with Crippen molar-refractivity contribution in [2.75, 3.05) is 12.0 Å². The SMILES string of the molecule is COc1cc(/C=C2\C(=O)NC(=O)N(c3ccccc3C)C2=O)cc(Cl)c1OCc1cc(C)cc(C)c1. The lowest BCUT2D eigenvalue weighted by atomic mass is 10.1. The second kappa shape index (κ2) is 10.3. The monoisotopic (exact) mass is 504 g/mol. The predicted molar refractivity (Wildman–Crippen MR) is 138 cm³/mol. The summed E-state index contributed by atoms with van der Waals surface area (Å²) in [5.74, 6) is -0.839. The van der Waals surface area contributed by atoms with E-state index < -0.39 is 17.8 Å². The van der Waals surface area contributed by atoms with E-state index in [-0.39, 0.29) is 17.2 Å². The van der Waals surface area contributed by atoms with Crippen LogP contribution in [0.2, 0.25) is 5.02 Å². The smallest absolute Gasteiger partial charge is 0.335 e. The molecule has 0 atom stereocenters. The molecule has 1 fully saturated rings. The van der Waals surface area contributed by atoms with E-state index in [0.29, 0.717) is 28.3 Å². The molecule has 7 nitrogen and oxygen atoms in total. The largest absolute Gasteiger partial charge is 0.493 e. The van der Waals surface area contributed by atoms with Gasteiger partial charge in [-0.15, -0.1) is 0 Å². The van der Waals surface area contributed by atoms with Crippen molar-refractivity contribution in [3.8, 4) is 11.5 Å². The maximum atomic E-state index is 13.2. The highest BCUT2D eigenvalue weighted by atomic mass is 35.5. The second-order valence-corrected chi connectivity index (χ2v) is 8.97. The number of rotatable bonds is 6. The van der Waals surface area contributed by atoms with Gasteiger partial charge in [-0.3, -0.25) is 14.9 Å². The molecule has 8 heteroatoms. The van der Waals surface area contributed by atoms with E-state index in [0.717, 1.165) is 21.6 Å². The standard InChI is InChI=1S/C28H25ClN2O5/c1-16-9-17(2)11-20(10-16)15-36-25-22(29)13-19(14-24(25)35-4)12-21-26(32)30-28(34)31(27(21)33)23-8-6-5-7-18(23)3/h5-14H,15H2,1-4H3,(H,30,32,34)/b21-12+. The van der Waals surface area contributed by atoms with Crippen LogP contribution in [0.5, 0.6) is 11.5 Å². The van der Waals surface area contributed by atoms with E-state index in [2.05, 4.69) is 11.4 Å². The summed E-state index contributed by atoms with van der Waals surface area (Å²) in [6.45, 7) is 6.09. The third-order valence-corrected chi connectivity index (χ3v) is 5.97. The molecule has 0 aliphatic carbocycles. The highest BCUT2D eigenvalue weighted by Gasteiger charge is 2.37. The molecule has 0 radical (unpaired) electrons. The minimum absolute atomic E-state index is 0.208. The average molecular weight is 505 g/mol. The summed E-state index contributed by atoms with van der Waals surface area (Å²) in [7, 11) is 1.48. The lowest BCUT2D eigenvalue weighted by Gasteiger charge is -2.27. The number of ether oxygens (including phenoxy) is 2. The van der Waals surface area contributed by atoms with Crippen molar-refractivity contribution in [3.63, 3.8) is 0 Å². The number of anilines is 1. The number of nitrogens with one attached hydrogen (secondary N) is 1. The lowest BCUT2D eigenvalue weighted by molar-refractivity contribution is -0.122. The molecule has 0 spiro atoms. The van der Waals surface area contributed by atoms with Crippen molar-refractivity contribution in [3.05, 3.63) is 93.0 Å². The Hall–Kier alpha value is -4.10. The first-order valence-electron chi connectivity index (χ1n) is 11.2.